The van der Waals surface area contributed by atoms with Gasteiger partial charge in [-0.05, 0) is 43.2 Å². The molecule has 2 heterocycles. The molecule has 0 radical (unpaired) electrons. The lowest BCUT2D eigenvalue weighted by molar-refractivity contribution is -0.153. The maximum absolute atomic E-state index is 13.7. The summed E-state index contributed by atoms with van der Waals surface area (Å²) in [4.78, 5) is 33.1. The standard InChI is InChI=1S/C23H23Cl2N3O4/c1-3-32-22(30)19-20(14-9-10-15(24)16(25)13-14)28-18-8-5-4-7-17(18)26-23(28)27(21(19)29)11-6-12-31-2/h4-5,7-10,13,19-20H,3,6,11-12H2,1-2H3. The number of imidazole rings is 1. The molecule has 2 unspecified atom stereocenters. The summed E-state index contributed by atoms with van der Waals surface area (Å²) in [6.45, 7) is 2.72. The van der Waals surface area contributed by atoms with E-state index in [2.05, 4.69) is 0 Å². The fourth-order valence-electron chi connectivity index (χ4n) is 4.12. The number of ether oxygens (including phenoxy) is 2. The lowest BCUT2D eigenvalue weighted by Gasteiger charge is -2.38. The average molecular weight is 476 g/mol. The normalized spacial score (nSPS) is 18.1. The summed E-state index contributed by atoms with van der Waals surface area (Å²) >= 11 is 12.4. The van der Waals surface area contributed by atoms with E-state index in [1.54, 1.807) is 37.1 Å². The lowest BCUT2D eigenvalue weighted by Crippen LogP contribution is -2.50. The van der Waals surface area contributed by atoms with Crippen LogP contribution in [0.2, 0.25) is 10.0 Å². The molecule has 2 atom stereocenters. The van der Waals surface area contributed by atoms with E-state index in [4.69, 9.17) is 37.7 Å². The lowest BCUT2D eigenvalue weighted by atomic mass is 9.89. The van der Waals surface area contributed by atoms with Crippen LogP contribution in [0.4, 0.5) is 5.95 Å². The molecule has 1 amide bonds. The van der Waals surface area contributed by atoms with E-state index in [-0.39, 0.29) is 12.5 Å². The highest BCUT2D eigenvalue weighted by atomic mass is 35.5. The number of esters is 1. The SMILES string of the molecule is CCOC(=O)C1C(=O)N(CCCOC)c2nc3ccccc3n2C1c1ccc(Cl)c(Cl)c1. The molecule has 7 nitrogen and oxygen atoms in total. The molecule has 168 valence electrons. The molecule has 4 rings (SSSR count). The number of rotatable bonds is 7. The molecule has 1 aliphatic heterocycles. The number of halogens is 2. The number of amides is 1. The number of hydrogen-bond acceptors (Lipinski definition) is 5. The number of nitrogens with zero attached hydrogens (tertiary/aromatic N) is 3. The monoisotopic (exact) mass is 475 g/mol. The zero-order chi connectivity index (χ0) is 22.8. The third-order valence-electron chi connectivity index (χ3n) is 5.50. The van der Waals surface area contributed by atoms with E-state index < -0.39 is 17.9 Å². The van der Waals surface area contributed by atoms with Gasteiger partial charge in [0.15, 0.2) is 5.92 Å². The molecule has 0 bridgehead atoms. The van der Waals surface area contributed by atoms with Crippen molar-refractivity contribution in [3.63, 3.8) is 0 Å². The minimum atomic E-state index is -1.10. The van der Waals surface area contributed by atoms with Gasteiger partial charge >= 0.3 is 5.97 Å². The second-order valence-corrected chi connectivity index (χ2v) is 8.27. The van der Waals surface area contributed by atoms with Gasteiger partial charge in [-0.2, -0.15) is 0 Å². The number of methoxy groups -OCH3 is 1. The summed E-state index contributed by atoms with van der Waals surface area (Å²) in [7, 11) is 1.61. The first-order valence-corrected chi connectivity index (χ1v) is 11.1. The fraction of sp³-hybridized carbons (Fsp3) is 0.348. The number of fused-ring (bicyclic) bond motifs is 3. The van der Waals surface area contributed by atoms with Crippen molar-refractivity contribution in [3.05, 3.63) is 58.1 Å². The van der Waals surface area contributed by atoms with Crippen molar-refractivity contribution in [3.8, 4) is 0 Å². The first-order valence-electron chi connectivity index (χ1n) is 10.4. The number of carbonyl (C=O) groups excluding carboxylic acids is 2. The Bertz CT molecular complexity index is 1160. The predicted octanol–water partition coefficient (Wildman–Crippen LogP) is 4.49. The third kappa shape index (κ3) is 3.96. The van der Waals surface area contributed by atoms with Gasteiger partial charge in [-0.3, -0.25) is 14.5 Å². The minimum Gasteiger partial charge on any atom is -0.465 e. The van der Waals surface area contributed by atoms with Crippen molar-refractivity contribution >= 4 is 52.1 Å². The van der Waals surface area contributed by atoms with Crippen molar-refractivity contribution < 1.29 is 19.1 Å². The van der Waals surface area contributed by atoms with Crippen LogP contribution in [0.25, 0.3) is 11.0 Å². The van der Waals surface area contributed by atoms with Gasteiger partial charge in [0, 0.05) is 20.3 Å². The number of para-hydroxylation sites is 2. The summed E-state index contributed by atoms with van der Waals surface area (Å²) in [5, 5.41) is 0.731. The van der Waals surface area contributed by atoms with Crippen molar-refractivity contribution in [2.24, 2.45) is 5.92 Å². The maximum atomic E-state index is 13.7. The van der Waals surface area contributed by atoms with Crippen LogP contribution in [-0.2, 0) is 19.1 Å². The van der Waals surface area contributed by atoms with Gasteiger partial charge in [0.2, 0.25) is 11.9 Å². The van der Waals surface area contributed by atoms with Crippen LogP contribution in [0.5, 0.6) is 0 Å². The molecule has 0 aliphatic carbocycles. The molecule has 0 fully saturated rings. The molecule has 0 spiro atoms. The number of anilines is 1. The van der Waals surface area contributed by atoms with Crippen LogP contribution in [0, 0.1) is 5.92 Å². The molecule has 0 N–H and O–H groups in total. The van der Waals surface area contributed by atoms with E-state index >= 15 is 0 Å². The molecule has 3 aromatic rings. The highest BCUT2D eigenvalue weighted by Crippen LogP contribution is 2.42. The van der Waals surface area contributed by atoms with Gasteiger partial charge in [-0.1, -0.05) is 41.4 Å². The maximum Gasteiger partial charge on any atom is 0.321 e. The van der Waals surface area contributed by atoms with Gasteiger partial charge in [0.25, 0.3) is 0 Å². The van der Waals surface area contributed by atoms with E-state index in [0.29, 0.717) is 41.1 Å². The summed E-state index contributed by atoms with van der Waals surface area (Å²) in [6, 6.07) is 12.0. The number of benzene rings is 2. The Balaban J connectivity index is 1.95. The van der Waals surface area contributed by atoms with Crippen molar-refractivity contribution in [2.45, 2.75) is 19.4 Å². The molecular weight excluding hydrogens is 453 g/mol. The van der Waals surface area contributed by atoms with Crippen LogP contribution >= 0.6 is 23.2 Å². The van der Waals surface area contributed by atoms with Crippen LogP contribution in [0.3, 0.4) is 0 Å². The molecule has 32 heavy (non-hydrogen) atoms. The van der Waals surface area contributed by atoms with Crippen LogP contribution in [-0.4, -0.2) is 48.3 Å². The van der Waals surface area contributed by atoms with E-state index in [0.717, 1.165) is 11.0 Å². The summed E-state index contributed by atoms with van der Waals surface area (Å²) in [5.74, 6) is -1.57. The largest absolute Gasteiger partial charge is 0.465 e. The van der Waals surface area contributed by atoms with Crippen molar-refractivity contribution in [2.75, 3.05) is 31.8 Å². The number of carbonyl (C=O) groups is 2. The molecule has 1 aromatic heterocycles. The zero-order valence-electron chi connectivity index (χ0n) is 17.8. The smallest absolute Gasteiger partial charge is 0.321 e. The Hall–Kier alpha value is -2.61. The molecular formula is C23H23Cl2N3O4. The fourth-order valence-corrected chi connectivity index (χ4v) is 4.43. The van der Waals surface area contributed by atoms with Crippen LogP contribution in [0.15, 0.2) is 42.5 Å². The van der Waals surface area contributed by atoms with Crippen molar-refractivity contribution in [1.29, 1.82) is 0 Å². The quantitative estimate of drug-likeness (QED) is 0.285. The average Bonchev–Trinajstić information content (AvgIpc) is 3.16. The highest BCUT2D eigenvalue weighted by molar-refractivity contribution is 6.42. The molecule has 2 aromatic carbocycles. The topological polar surface area (TPSA) is 73.7 Å². The Kier molecular flexibility index (Phi) is 6.69. The number of aromatic nitrogens is 2. The molecule has 9 heteroatoms. The second-order valence-electron chi connectivity index (χ2n) is 7.45. The minimum absolute atomic E-state index is 0.165. The van der Waals surface area contributed by atoms with E-state index in [1.807, 2.05) is 28.8 Å². The highest BCUT2D eigenvalue weighted by Gasteiger charge is 2.47. The summed E-state index contributed by atoms with van der Waals surface area (Å²) in [6.07, 6.45) is 0.596. The molecule has 0 saturated heterocycles. The van der Waals surface area contributed by atoms with Gasteiger partial charge in [0.1, 0.15) is 0 Å². The Labute approximate surface area is 195 Å². The second kappa shape index (κ2) is 9.48. The predicted molar refractivity (Wildman–Crippen MR) is 123 cm³/mol. The van der Waals surface area contributed by atoms with Crippen molar-refractivity contribution in [1.82, 2.24) is 9.55 Å². The zero-order valence-corrected chi connectivity index (χ0v) is 19.3. The molecule has 1 aliphatic rings. The van der Waals surface area contributed by atoms with Gasteiger partial charge in [0.05, 0.1) is 33.7 Å². The van der Waals surface area contributed by atoms with Gasteiger partial charge in [-0.25, -0.2) is 4.98 Å². The Morgan fingerprint density at radius 3 is 2.66 bits per heavy atom. The van der Waals surface area contributed by atoms with E-state index in [1.165, 1.54) is 0 Å². The first kappa shape index (κ1) is 22.6. The first-order chi connectivity index (χ1) is 15.5. The van der Waals surface area contributed by atoms with Crippen LogP contribution in [0.1, 0.15) is 24.9 Å². The Morgan fingerprint density at radius 2 is 1.94 bits per heavy atom. The van der Waals surface area contributed by atoms with Gasteiger partial charge < -0.3 is 14.0 Å². The summed E-state index contributed by atoms with van der Waals surface area (Å²) in [5.41, 5.74) is 2.20. The van der Waals surface area contributed by atoms with E-state index in [9.17, 15) is 9.59 Å². The van der Waals surface area contributed by atoms with Crippen LogP contribution < -0.4 is 4.90 Å². The van der Waals surface area contributed by atoms with Gasteiger partial charge in [-0.15, -0.1) is 0 Å². The molecule has 0 saturated carbocycles. The third-order valence-corrected chi connectivity index (χ3v) is 6.24. The summed E-state index contributed by atoms with van der Waals surface area (Å²) < 4.78 is 12.4. The Morgan fingerprint density at radius 1 is 1.16 bits per heavy atom. The number of hydrogen-bond donors (Lipinski definition) is 0.